The van der Waals surface area contributed by atoms with Gasteiger partial charge >= 0.3 is 0 Å². The number of benzene rings is 1. The van der Waals surface area contributed by atoms with Crippen LogP contribution in [-0.2, 0) is 22.0 Å². The lowest BCUT2D eigenvalue weighted by molar-refractivity contribution is -0.121. The molecule has 0 spiro atoms. The minimum absolute atomic E-state index is 0.101. The number of aryl methyl sites for hydroxylation is 1. The van der Waals surface area contributed by atoms with Crippen molar-refractivity contribution >= 4 is 22.4 Å². The van der Waals surface area contributed by atoms with Crippen molar-refractivity contribution in [2.45, 2.75) is 84.1 Å². The lowest BCUT2D eigenvalue weighted by atomic mass is 9.79. The molecule has 30 heavy (non-hydrogen) atoms. The fraction of sp³-hybridized carbons (Fsp3) is 0.600. The van der Waals surface area contributed by atoms with Crippen LogP contribution in [0.3, 0.4) is 0 Å². The maximum Gasteiger partial charge on any atom is 0.220 e. The Kier molecular flexibility index (Phi) is 6.91. The molecule has 0 radical (unpaired) electrons. The fourth-order valence-corrected chi connectivity index (χ4v) is 4.54. The van der Waals surface area contributed by atoms with Crippen molar-refractivity contribution < 1.29 is 4.79 Å². The highest BCUT2D eigenvalue weighted by molar-refractivity contribution is 7.13. The number of carbonyl (C=O) groups excluding carboxylic acids is 1. The van der Waals surface area contributed by atoms with E-state index < -0.39 is 0 Å². The Hall–Kier alpha value is -1.88. The minimum atomic E-state index is 0.101. The first-order chi connectivity index (χ1) is 14.0. The van der Waals surface area contributed by atoms with Crippen LogP contribution in [-0.4, -0.2) is 30.0 Å². The largest absolute Gasteiger partial charge is 0.353 e. The van der Waals surface area contributed by atoms with Crippen molar-refractivity contribution in [3.8, 4) is 0 Å². The van der Waals surface area contributed by atoms with Crippen molar-refractivity contribution in [1.29, 1.82) is 0 Å². The van der Waals surface area contributed by atoms with Crippen LogP contribution in [0.15, 0.2) is 29.8 Å². The van der Waals surface area contributed by atoms with Gasteiger partial charge in [0.15, 0.2) is 5.13 Å². The third-order valence-corrected chi connectivity index (χ3v) is 6.75. The summed E-state index contributed by atoms with van der Waals surface area (Å²) in [5, 5.41) is 6.37. The van der Waals surface area contributed by atoms with Crippen molar-refractivity contribution in [3.05, 3.63) is 46.5 Å². The predicted molar refractivity (Wildman–Crippen MR) is 128 cm³/mol. The van der Waals surface area contributed by atoms with Gasteiger partial charge in [0.05, 0.1) is 0 Å². The summed E-state index contributed by atoms with van der Waals surface area (Å²) in [6.45, 7) is 15.4. The molecule has 0 bridgehead atoms. The van der Waals surface area contributed by atoms with Crippen molar-refractivity contribution in [1.82, 2.24) is 10.3 Å². The molecule has 0 saturated carbocycles. The Morgan fingerprint density at radius 3 is 2.17 bits per heavy atom. The first-order valence-corrected chi connectivity index (χ1v) is 12.0. The van der Waals surface area contributed by atoms with E-state index in [-0.39, 0.29) is 22.8 Å². The van der Waals surface area contributed by atoms with Gasteiger partial charge in [-0.1, -0.05) is 59.7 Å². The van der Waals surface area contributed by atoms with E-state index >= 15 is 0 Å². The average Bonchev–Trinajstić information content (AvgIpc) is 3.20. The van der Waals surface area contributed by atoms with Crippen LogP contribution < -0.4 is 10.2 Å². The van der Waals surface area contributed by atoms with Crippen molar-refractivity contribution in [2.75, 3.05) is 18.0 Å². The zero-order valence-electron chi connectivity index (χ0n) is 19.4. The van der Waals surface area contributed by atoms with Crippen LogP contribution in [0.2, 0.25) is 0 Å². The maximum absolute atomic E-state index is 12.6. The summed E-state index contributed by atoms with van der Waals surface area (Å²) in [7, 11) is 0. The molecule has 1 aliphatic heterocycles. The molecule has 3 rings (SSSR count). The van der Waals surface area contributed by atoms with E-state index in [1.165, 1.54) is 16.7 Å². The molecule has 1 aliphatic rings. The Morgan fingerprint density at radius 1 is 1.07 bits per heavy atom. The van der Waals surface area contributed by atoms with E-state index in [0.29, 0.717) is 6.42 Å². The van der Waals surface area contributed by atoms with Crippen LogP contribution in [0.5, 0.6) is 0 Å². The number of carbonyl (C=O) groups is 1. The highest BCUT2D eigenvalue weighted by atomic mass is 32.1. The highest BCUT2D eigenvalue weighted by Crippen LogP contribution is 2.30. The third-order valence-electron chi connectivity index (χ3n) is 5.92. The zero-order valence-corrected chi connectivity index (χ0v) is 20.2. The molecule has 1 aromatic carbocycles. The number of anilines is 1. The Balaban J connectivity index is 1.55. The summed E-state index contributed by atoms with van der Waals surface area (Å²) >= 11 is 1.68. The topological polar surface area (TPSA) is 45.2 Å². The van der Waals surface area contributed by atoms with Gasteiger partial charge in [0.25, 0.3) is 0 Å². The maximum atomic E-state index is 12.6. The summed E-state index contributed by atoms with van der Waals surface area (Å²) in [5.41, 5.74) is 4.16. The third kappa shape index (κ3) is 6.07. The molecule has 2 aromatic rings. The van der Waals surface area contributed by atoms with Gasteiger partial charge in [0.2, 0.25) is 5.91 Å². The lowest BCUT2D eigenvalue weighted by Gasteiger charge is -2.32. The van der Waals surface area contributed by atoms with Gasteiger partial charge in [-0.3, -0.25) is 4.79 Å². The average molecular weight is 428 g/mol. The fourth-order valence-electron chi connectivity index (χ4n) is 3.85. The van der Waals surface area contributed by atoms with Crippen LogP contribution in [0.25, 0.3) is 0 Å². The summed E-state index contributed by atoms with van der Waals surface area (Å²) in [5.74, 6) is 0.168. The SMILES string of the molecule is CC(C)(C)c1cc(CCC(=O)NC2CCN(c3nccs3)CC2)cc(C(C)(C)C)c1. The van der Waals surface area contributed by atoms with Gasteiger partial charge in [0.1, 0.15) is 0 Å². The Morgan fingerprint density at radius 2 is 1.67 bits per heavy atom. The second-order valence-electron chi connectivity index (χ2n) is 10.6. The van der Waals surface area contributed by atoms with E-state index in [4.69, 9.17) is 0 Å². The molecule has 0 aliphatic carbocycles. The molecule has 4 nitrogen and oxygen atoms in total. The standard InChI is InChI=1S/C25H37N3OS/c1-24(2,3)19-15-18(16-20(17-19)25(4,5)6)7-8-22(29)27-21-9-12-28(13-10-21)23-26-11-14-30-23/h11,14-17,21H,7-10,12-13H2,1-6H3,(H,27,29). The van der Waals surface area contributed by atoms with E-state index in [9.17, 15) is 4.79 Å². The summed E-state index contributed by atoms with van der Waals surface area (Å²) in [6, 6.07) is 7.18. The van der Waals surface area contributed by atoms with Crippen LogP contribution in [0, 0.1) is 0 Å². The van der Waals surface area contributed by atoms with Crippen LogP contribution in [0.4, 0.5) is 5.13 Å². The number of hydrogen-bond acceptors (Lipinski definition) is 4. The molecule has 1 amide bonds. The molecule has 0 atom stereocenters. The summed E-state index contributed by atoms with van der Waals surface area (Å²) in [4.78, 5) is 19.3. The van der Waals surface area contributed by atoms with Crippen LogP contribution >= 0.6 is 11.3 Å². The van der Waals surface area contributed by atoms with E-state index in [0.717, 1.165) is 37.5 Å². The molecular formula is C25H37N3OS. The first-order valence-electron chi connectivity index (χ1n) is 11.1. The van der Waals surface area contributed by atoms with E-state index in [1.807, 2.05) is 11.6 Å². The molecule has 0 unspecified atom stereocenters. The Bertz CT molecular complexity index is 806. The zero-order chi connectivity index (χ0) is 21.9. The van der Waals surface area contributed by atoms with Crippen molar-refractivity contribution in [3.63, 3.8) is 0 Å². The summed E-state index contributed by atoms with van der Waals surface area (Å²) < 4.78 is 0. The first kappa shape index (κ1) is 22.8. The molecular weight excluding hydrogens is 390 g/mol. The quantitative estimate of drug-likeness (QED) is 0.689. The molecule has 164 valence electrons. The van der Waals surface area contributed by atoms with Crippen molar-refractivity contribution in [2.24, 2.45) is 0 Å². The van der Waals surface area contributed by atoms with Gasteiger partial charge in [-0.25, -0.2) is 4.98 Å². The van der Waals surface area contributed by atoms with E-state index in [2.05, 4.69) is 74.9 Å². The van der Waals surface area contributed by atoms with Gasteiger partial charge in [0, 0.05) is 37.1 Å². The van der Waals surface area contributed by atoms with Gasteiger partial charge < -0.3 is 10.2 Å². The monoisotopic (exact) mass is 427 g/mol. The normalized spacial score (nSPS) is 16.0. The second-order valence-corrected chi connectivity index (χ2v) is 11.4. The smallest absolute Gasteiger partial charge is 0.220 e. The number of nitrogens with one attached hydrogen (secondary N) is 1. The number of hydrogen-bond donors (Lipinski definition) is 1. The van der Waals surface area contributed by atoms with Gasteiger partial charge in [-0.15, -0.1) is 11.3 Å². The molecule has 1 aromatic heterocycles. The number of rotatable bonds is 5. The second kappa shape index (κ2) is 9.09. The van der Waals surface area contributed by atoms with Gasteiger partial charge in [-0.2, -0.15) is 0 Å². The summed E-state index contributed by atoms with van der Waals surface area (Å²) in [6.07, 6.45) is 5.16. The molecule has 2 heterocycles. The predicted octanol–water partition coefficient (Wildman–Crippen LogP) is 5.46. The molecule has 1 N–H and O–H groups in total. The van der Waals surface area contributed by atoms with E-state index in [1.54, 1.807) is 11.3 Å². The molecule has 1 fully saturated rings. The molecule has 5 heteroatoms. The minimum Gasteiger partial charge on any atom is -0.353 e. The number of piperidine rings is 1. The Labute approximate surface area is 186 Å². The lowest BCUT2D eigenvalue weighted by Crippen LogP contribution is -2.44. The highest BCUT2D eigenvalue weighted by Gasteiger charge is 2.23. The number of nitrogens with zero attached hydrogens (tertiary/aromatic N) is 2. The van der Waals surface area contributed by atoms with Crippen LogP contribution in [0.1, 0.15) is 77.5 Å². The molecule has 1 saturated heterocycles. The van der Waals surface area contributed by atoms with Gasteiger partial charge in [-0.05, 0) is 46.8 Å². The number of thiazole rings is 1. The number of amides is 1. The number of aromatic nitrogens is 1.